The molecule has 1 aromatic heterocycles. The van der Waals surface area contributed by atoms with E-state index >= 15 is 0 Å². The maximum Gasteiger partial charge on any atom is 0.173 e. The van der Waals surface area contributed by atoms with Crippen molar-refractivity contribution in [3.05, 3.63) is 71.8 Å². The highest BCUT2D eigenvalue weighted by atomic mass is 32.2. The molecule has 4 nitrogen and oxygen atoms in total. The Hall–Kier alpha value is -2.60. The van der Waals surface area contributed by atoms with E-state index in [0.717, 1.165) is 11.3 Å². The van der Waals surface area contributed by atoms with Crippen molar-refractivity contribution in [2.24, 2.45) is 0 Å². The van der Waals surface area contributed by atoms with Crippen LogP contribution in [-0.4, -0.2) is 28.2 Å². The van der Waals surface area contributed by atoms with Crippen LogP contribution < -0.4 is 4.74 Å². The molecule has 3 aromatic rings. The van der Waals surface area contributed by atoms with Gasteiger partial charge in [-0.2, -0.15) is 0 Å². The highest BCUT2D eigenvalue weighted by Gasteiger charge is 2.13. The van der Waals surface area contributed by atoms with E-state index in [0.29, 0.717) is 10.7 Å². The Kier molecular flexibility index (Phi) is 5.19. The molecule has 0 saturated carbocycles. The lowest BCUT2D eigenvalue weighted by molar-refractivity contribution is 0.102. The number of ketones is 1. The fourth-order valence-corrected chi connectivity index (χ4v) is 3.29. The molecule has 0 fully saturated rings. The van der Waals surface area contributed by atoms with Crippen LogP contribution in [0.3, 0.4) is 0 Å². The van der Waals surface area contributed by atoms with Gasteiger partial charge in [0.2, 0.25) is 0 Å². The van der Waals surface area contributed by atoms with Crippen LogP contribution in [0, 0.1) is 12.7 Å². The summed E-state index contributed by atoms with van der Waals surface area (Å²) in [6.07, 6.45) is 3.55. The highest BCUT2D eigenvalue weighted by molar-refractivity contribution is 7.99. The second kappa shape index (κ2) is 7.53. The molecule has 0 amide bonds. The van der Waals surface area contributed by atoms with Crippen LogP contribution in [0.1, 0.15) is 15.9 Å². The minimum Gasteiger partial charge on any atom is -0.494 e. The van der Waals surface area contributed by atoms with Crippen LogP contribution in [0.25, 0.3) is 5.69 Å². The monoisotopic (exact) mass is 356 g/mol. The predicted octanol–water partition coefficient (Wildman–Crippen LogP) is 4.30. The Morgan fingerprint density at radius 2 is 2.12 bits per heavy atom. The van der Waals surface area contributed by atoms with Gasteiger partial charge in [-0.25, -0.2) is 9.37 Å². The first-order valence-corrected chi connectivity index (χ1v) is 8.67. The van der Waals surface area contributed by atoms with Gasteiger partial charge in [0.05, 0.1) is 12.9 Å². The Morgan fingerprint density at radius 3 is 2.84 bits per heavy atom. The lowest BCUT2D eigenvalue weighted by atomic mass is 10.1. The molecular formula is C19H17FN2O2S. The zero-order valence-corrected chi connectivity index (χ0v) is 14.7. The third-order valence-electron chi connectivity index (χ3n) is 3.69. The van der Waals surface area contributed by atoms with Crippen LogP contribution in [0.2, 0.25) is 0 Å². The molecule has 0 radical (unpaired) electrons. The lowest BCUT2D eigenvalue weighted by Crippen LogP contribution is -2.05. The van der Waals surface area contributed by atoms with Gasteiger partial charge in [-0.3, -0.25) is 9.36 Å². The van der Waals surface area contributed by atoms with Crippen molar-refractivity contribution < 1.29 is 13.9 Å². The van der Waals surface area contributed by atoms with Crippen molar-refractivity contribution in [1.29, 1.82) is 0 Å². The molecule has 6 heteroatoms. The standard InChI is InChI=1S/C19H17FN2O2S/c1-13-4-3-5-15(10-13)22-9-8-21-19(22)25-12-17(23)14-6-7-18(24-2)16(20)11-14/h3-11H,12H2,1-2H3. The molecule has 1 heterocycles. The number of aryl methyl sites for hydroxylation is 1. The summed E-state index contributed by atoms with van der Waals surface area (Å²) in [5.41, 5.74) is 2.45. The number of Topliss-reactive ketones (excluding diaryl/α,β-unsaturated/α-hetero) is 1. The molecule has 128 valence electrons. The quantitative estimate of drug-likeness (QED) is 0.488. The molecule has 3 rings (SSSR count). The van der Waals surface area contributed by atoms with Crippen molar-refractivity contribution in [2.75, 3.05) is 12.9 Å². The first kappa shape index (κ1) is 17.2. The van der Waals surface area contributed by atoms with E-state index in [1.807, 2.05) is 42.0 Å². The van der Waals surface area contributed by atoms with Gasteiger partial charge in [0.1, 0.15) is 0 Å². The Bertz CT molecular complexity index is 908. The normalized spacial score (nSPS) is 10.7. The van der Waals surface area contributed by atoms with Gasteiger partial charge < -0.3 is 4.74 Å². The van der Waals surface area contributed by atoms with Crippen LogP contribution in [0.5, 0.6) is 5.75 Å². The first-order chi connectivity index (χ1) is 12.1. The molecule has 0 atom stereocenters. The molecule has 0 saturated heterocycles. The molecule has 0 unspecified atom stereocenters. The number of carbonyl (C=O) groups is 1. The van der Waals surface area contributed by atoms with E-state index in [1.165, 1.54) is 31.0 Å². The molecule has 0 spiro atoms. The number of hydrogen-bond donors (Lipinski definition) is 0. The summed E-state index contributed by atoms with van der Waals surface area (Å²) in [6.45, 7) is 2.02. The summed E-state index contributed by atoms with van der Waals surface area (Å²) in [5.74, 6) is -0.404. The number of ether oxygens (including phenoxy) is 1. The second-order valence-corrected chi connectivity index (χ2v) is 6.42. The molecule has 0 bridgehead atoms. The highest BCUT2D eigenvalue weighted by Crippen LogP contribution is 2.23. The zero-order valence-electron chi connectivity index (χ0n) is 13.9. The molecule has 0 aliphatic rings. The minimum absolute atomic E-state index is 0.124. The smallest absolute Gasteiger partial charge is 0.173 e. The fraction of sp³-hybridized carbons (Fsp3) is 0.158. The zero-order chi connectivity index (χ0) is 17.8. The van der Waals surface area contributed by atoms with Gasteiger partial charge in [-0.05, 0) is 42.8 Å². The van der Waals surface area contributed by atoms with E-state index in [4.69, 9.17) is 4.74 Å². The predicted molar refractivity (Wildman–Crippen MR) is 96.3 cm³/mol. The third kappa shape index (κ3) is 3.91. The average Bonchev–Trinajstić information content (AvgIpc) is 3.08. The molecule has 0 N–H and O–H groups in total. The number of rotatable bonds is 6. The van der Waals surface area contributed by atoms with Crippen molar-refractivity contribution in [3.8, 4) is 11.4 Å². The number of nitrogens with zero attached hydrogens (tertiary/aromatic N) is 2. The summed E-state index contributed by atoms with van der Waals surface area (Å²) in [5, 5.41) is 0.716. The topological polar surface area (TPSA) is 44.1 Å². The maximum atomic E-state index is 13.7. The molecule has 0 aliphatic heterocycles. The first-order valence-electron chi connectivity index (χ1n) is 7.68. The number of imidazole rings is 1. The SMILES string of the molecule is COc1ccc(C(=O)CSc2nccn2-c2cccc(C)c2)cc1F. The van der Waals surface area contributed by atoms with Crippen molar-refractivity contribution in [1.82, 2.24) is 9.55 Å². The summed E-state index contributed by atoms with van der Waals surface area (Å²) in [7, 11) is 1.39. The van der Waals surface area contributed by atoms with Crippen molar-refractivity contribution in [3.63, 3.8) is 0 Å². The van der Waals surface area contributed by atoms with Crippen LogP contribution >= 0.6 is 11.8 Å². The maximum absolute atomic E-state index is 13.7. The van der Waals surface area contributed by atoms with Crippen molar-refractivity contribution >= 4 is 17.5 Å². The van der Waals surface area contributed by atoms with Crippen LogP contribution in [0.4, 0.5) is 4.39 Å². The number of thioether (sulfide) groups is 1. The fourth-order valence-electron chi connectivity index (χ4n) is 2.42. The van der Waals surface area contributed by atoms with Gasteiger partial charge in [0.25, 0.3) is 0 Å². The molecule has 0 aliphatic carbocycles. The van der Waals surface area contributed by atoms with Crippen LogP contribution in [-0.2, 0) is 0 Å². The summed E-state index contributed by atoms with van der Waals surface area (Å²) in [6, 6.07) is 12.3. The number of methoxy groups -OCH3 is 1. The van der Waals surface area contributed by atoms with Gasteiger partial charge in [0.15, 0.2) is 22.5 Å². The van der Waals surface area contributed by atoms with E-state index in [9.17, 15) is 9.18 Å². The number of carbonyl (C=O) groups excluding carboxylic acids is 1. The Balaban J connectivity index is 1.73. The lowest BCUT2D eigenvalue weighted by Gasteiger charge is -2.08. The average molecular weight is 356 g/mol. The van der Waals surface area contributed by atoms with Gasteiger partial charge in [-0.15, -0.1) is 0 Å². The largest absolute Gasteiger partial charge is 0.494 e. The third-order valence-corrected chi connectivity index (χ3v) is 4.66. The van der Waals surface area contributed by atoms with Gasteiger partial charge in [0, 0.05) is 23.6 Å². The van der Waals surface area contributed by atoms with E-state index in [1.54, 1.807) is 12.3 Å². The summed E-state index contributed by atoms with van der Waals surface area (Å²) >= 11 is 1.32. The molecule has 25 heavy (non-hydrogen) atoms. The van der Waals surface area contributed by atoms with Crippen molar-refractivity contribution in [2.45, 2.75) is 12.1 Å². The van der Waals surface area contributed by atoms with Crippen LogP contribution in [0.15, 0.2) is 60.0 Å². The van der Waals surface area contributed by atoms with E-state index in [2.05, 4.69) is 4.98 Å². The molecular weight excluding hydrogens is 339 g/mol. The number of halogens is 1. The van der Waals surface area contributed by atoms with Gasteiger partial charge in [-0.1, -0.05) is 23.9 Å². The van der Waals surface area contributed by atoms with Gasteiger partial charge >= 0.3 is 0 Å². The van der Waals surface area contributed by atoms with E-state index < -0.39 is 5.82 Å². The number of hydrogen-bond acceptors (Lipinski definition) is 4. The Labute approximate surface area is 149 Å². The minimum atomic E-state index is -0.542. The van der Waals surface area contributed by atoms with E-state index in [-0.39, 0.29) is 17.3 Å². The molecule has 2 aromatic carbocycles. The summed E-state index contributed by atoms with van der Waals surface area (Å²) < 4.78 is 20.5. The second-order valence-electron chi connectivity index (χ2n) is 5.48. The summed E-state index contributed by atoms with van der Waals surface area (Å²) in [4.78, 5) is 16.6. The number of benzene rings is 2. The number of aromatic nitrogens is 2. The Morgan fingerprint density at radius 1 is 1.28 bits per heavy atom.